The minimum absolute atomic E-state index is 0.103. The maximum atomic E-state index is 13.0. The Bertz CT molecular complexity index is 1160. The lowest BCUT2D eigenvalue weighted by Crippen LogP contribution is -2.20. The molecular weight excluding hydrogens is 341 g/mol. The first-order valence-corrected chi connectivity index (χ1v) is 7.54. The van der Waals surface area contributed by atoms with Crippen molar-refractivity contribution in [2.24, 2.45) is 0 Å². The molecule has 0 unspecified atom stereocenters. The number of rotatable bonds is 3. The number of amides is 1. The van der Waals surface area contributed by atoms with Crippen molar-refractivity contribution in [3.8, 4) is 11.5 Å². The molecular formula is C18H10FN3O4. The SMILES string of the molecule is O=C(Nc1nnc(-c2ccc(F)cc2)o1)c1cc2ccccc2oc1=O. The molecule has 0 radical (unpaired) electrons. The predicted octanol–water partition coefficient (Wildman–Crippen LogP) is 3.23. The van der Waals surface area contributed by atoms with Crippen LogP contribution in [0.4, 0.5) is 10.4 Å². The molecule has 8 heteroatoms. The molecule has 26 heavy (non-hydrogen) atoms. The highest BCUT2D eigenvalue weighted by Crippen LogP contribution is 2.20. The highest BCUT2D eigenvalue weighted by Gasteiger charge is 2.17. The summed E-state index contributed by atoms with van der Waals surface area (Å²) in [6.07, 6.45) is 0. The van der Waals surface area contributed by atoms with Gasteiger partial charge in [-0.05, 0) is 36.4 Å². The largest absolute Gasteiger partial charge is 0.422 e. The lowest BCUT2D eigenvalue weighted by atomic mass is 10.2. The highest BCUT2D eigenvalue weighted by molar-refractivity contribution is 6.04. The monoisotopic (exact) mass is 351 g/mol. The number of hydrogen-bond donors (Lipinski definition) is 1. The Morgan fingerprint density at radius 2 is 1.77 bits per heavy atom. The summed E-state index contributed by atoms with van der Waals surface area (Å²) in [7, 11) is 0. The predicted molar refractivity (Wildman–Crippen MR) is 90.1 cm³/mol. The molecule has 0 atom stereocenters. The Morgan fingerprint density at radius 3 is 2.58 bits per heavy atom. The first-order valence-electron chi connectivity index (χ1n) is 7.54. The molecule has 0 bridgehead atoms. The summed E-state index contributed by atoms with van der Waals surface area (Å²) in [5.41, 5.74) is -0.0974. The van der Waals surface area contributed by atoms with Crippen molar-refractivity contribution in [3.63, 3.8) is 0 Å². The van der Waals surface area contributed by atoms with Crippen LogP contribution in [0.1, 0.15) is 10.4 Å². The quantitative estimate of drug-likeness (QED) is 0.569. The molecule has 0 aliphatic heterocycles. The zero-order chi connectivity index (χ0) is 18.1. The van der Waals surface area contributed by atoms with Crippen LogP contribution in [0.25, 0.3) is 22.4 Å². The molecule has 2 aromatic carbocycles. The van der Waals surface area contributed by atoms with Crippen LogP contribution in [0.15, 0.2) is 68.2 Å². The van der Waals surface area contributed by atoms with Crippen molar-refractivity contribution in [1.82, 2.24) is 10.2 Å². The fraction of sp³-hybridized carbons (Fsp3) is 0. The summed E-state index contributed by atoms with van der Waals surface area (Å²) in [5, 5.41) is 10.4. The second-order valence-corrected chi connectivity index (χ2v) is 5.36. The Hall–Kier alpha value is -3.81. The number of halogens is 1. The fourth-order valence-corrected chi connectivity index (χ4v) is 2.37. The summed E-state index contributed by atoms with van der Waals surface area (Å²) in [5.74, 6) is -1.03. The third-order valence-electron chi connectivity index (χ3n) is 3.62. The third-order valence-corrected chi connectivity index (χ3v) is 3.62. The summed E-state index contributed by atoms with van der Waals surface area (Å²) in [6.45, 7) is 0. The summed E-state index contributed by atoms with van der Waals surface area (Å²) in [4.78, 5) is 24.3. The van der Waals surface area contributed by atoms with Crippen LogP contribution < -0.4 is 10.9 Å². The molecule has 128 valence electrons. The maximum Gasteiger partial charge on any atom is 0.349 e. The van der Waals surface area contributed by atoms with Gasteiger partial charge in [-0.2, -0.15) is 0 Å². The Balaban J connectivity index is 1.60. The van der Waals surface area contributed by atoms with Gasteiger partial charge >= 0.3 is 11.6 Å². The van der Waals surface area contributed by atoms with E-state index in [-0.39, 0.29) is 17.5 Å². The Labute approximate surface area is 145 Å². The van der Waals surface area contributed by atoms with Gasteiger partial charge in [0.1, 0.15) is 17.0 Å². The van der Waals surface area contributed by atoms with Crippen LogP contribution in [-0.4, -0.2) is 16.1 Å². The van der Waals surface area contributed by atoms with Crippen molar-refractivity contribution in [3.05, 3.63) is 76.4 Å². The molecule has 2 heterocycles. The van der Waals surface area contributed by atoms with Crippen LogP contribution in [0, 0.1) is 5.82 Å². The summed E-state index contributed by atoms with van der Waals surface area (Å²) < 4.78 is 23.4. The number of nitrogens with zero attached hydrogens (tertiary/aromatic N) is 2. The number of nitrogens with one attached hydrogen (secondary N) is 1. The zero-order valence-electron chi connectivity index (χ0n) is 13.1. The van der Waals surface area contributed by atoms with Gasteiger partial charge in [-0.15, -0.1) is 5.10 Å². The van der Waals surface area contributed by atoms with Gasteiger partial charge in [0.25, 0.3) is 5.91 Å². The van der Waals surface area contributed by atoms with E-state index in [1.165, 1.54) is 30.3 Å². The van der Waals surface area contributed by atoms with Crippen molar-refractivity contribution < 1.29 is 18.0 Å². The lowest BCUT2D eigenvalue weighted by Gasteiger charge is -2.01. The average Bonchev–Trinajstić information content (AvgIpc) is 3.10. The molecule has 2 aromatic heterocycles. The van der Waals surface area contributed by atoms with Gasteiger partial charge in [0, 0.05) is 10.9 Å². The maximum absolute atomic E-state index is 13.0. The van der Waals surface area contributed by atoms with Crippen molar-refractivity contribution >= 4 is 22.9 Å². The summed E-state index contributed by atoms with van der Waals surface area (Å²) >= 11 is 0. The minimum Gasteiger partial charge on any atom is -0.422 e. The molecule has 4 aromatic rings. The van der Waals surface area contributed by atoms with Gasteiger partial charge in [-0.1, -0.05) is 23.3 Å². The molecule has 1 amide bonds. The molecule has 0 aliphatic carbocycles. The Morgan fingerprint density at radius 1 is 1.00 bits per heavy atom. The molecule has 0 fully saturated rings. The smallest absolute Gasteiger partial charge is 0.349 e. The van der Waals surface area contributed by atoms with Crippen LogP contribution in [-0.2, 0) is 0 Å². The molecule has 0 saturated heterocycles. The number of carbonyl (C=O) groups is 1. The molecule has 0 spiro atoms. The molecule has 7 nitrogen and oxygen atoms in total. The fourth-order valence-electron chi connectivity index (χ4n) is 2.37. The van der Waals surface area contributed by atoms with E-state index in [0.717, 1.165) is 0 Å². The standard InChI is InChI=1S/C18H10FN3O4/c19-12-7-5-10(6-8-12)16-21-22-18(26-16)20-15(23)13-9-11-3-1-2-4-14(11)25-17(13)24/h1-9H,(H,20,22,23). The highest BCUT2D eigenvalue weighted by atomic mass is 19.1. The number of para-hydroxylation sites is 1. The van der Waals surface area contributed by atoms with Crippen molar-refractivity contribution in [2.45, 2.75) is 0 Å². The van der Waals surface area contributed by atoms with Crippen LogP contribution in [0.3, 0.4) is 0 Å². The zero-order valence-corrected chi connectivity index (χ0v) is 13.1. The number of benzene rings is 2. The van der Waals surface area contributed by atoms with Crippen LogP contribution in [0.2, 0.25) is 0 Å². The first-order chi connectivity index (χ1) is 12.6. The number of hydrogen-bond acceptors (Lipinski definition) is 6. The van der Waals surface area contributed by atoms with E-state index in [0.29, 0.717) is 16.5 Å². The molecule has 4 rings (SSSR count). The minimum atomic E-state index is -0.778. The van der Waals surface area contributed by atoms with Crippen LogP contribution >= 0.6 is 0 Å². The van der Waals surface area contributed by atoms with Gasteiger partial charge < -0.3 is 8.83 Å². The van der Waals surface area contributed by atoms with E-state index in [9.17, 15) is 14.0 Å². The van der Waals surface area contributed by atoms with Gasteiger partial charge in [0.05, 0.1) is 0 Å². The topological polar surface area (TPSA) is 98.2 Å². The number of carbonyl (C=O) groups excluding carboxylic acids is 1. The third kappa shape index (κ3) is 2.95. The molecule has 0 saturated carbocycles. The summed E-state index contributed by atoms with van der Waals surface area (Å²) in [6, 6.07) is 13.5. The van der Waals surface area contributed by atoms with E-state index >= 15 is 0 Å². The van der Waals surface area contributed by atoms with E-state index in [4.69, 9.17) is 8.83 Å². The number of fused-ring (bicyclic) bond motifs is 1. The van der Waals surface area contributed by atoms with E-state index in [1.807, 2.05) is 0 Å². The molecule has 0 aliphatic rings. The van der Waals surface area contributed by atoms with E-state index in [2.05, 4.69) is 15.5 Å². The number of aromatic nitrogens is 2. The second-order valence-electron chi connectivity index (χ2n) is 5.36. The average molecular weight is 351 g/mol. The van der Waals surface area contributed by atoms with Crippen molar-refractivity contribution in [1.29, 1.82) is 0 Å². The van der Waals surface area contributed by atoms with E-state index < -0.39 is 17.3 Å². The first kappa shape index (κ1) is 15.7. The van der Waals surface area contributed by atoms with Gasteiger partial charge in [0.15, 0.2) is 0 Å². The Kier molecular flexibility index (Phi) is 3.77. The van der Waals surface area contributed by atoms with Gasteiger partial charge in [0.2, 0.25) is 5.89 Å². The normalized spacial score (nSPS) is 10.8. The lowest BCUT2D eigenvalue weighted by molar-refractivity contribution is 0.102. The van der Waals surface area contributed by atoms with Crippen LogP contribution in [0.5, 0.6) is 0 Å². The van der Waals surface area contributed by atoms with Gasteiger partial charge in [-0.3, -0.25) is 10.1 Å². The van der Waals surface area contributed by atoms with Crippen molar-refractivity contribution in [2.75, 3.05) is 5.32 Å². The second kappa shape index (κ2) is 6.25. The molecule has 1 N–H and O–H groups in total. The number of anilines is 1. The van der Waals surface area contributed by atoms with E-state index in [1.54, 1.807) is 24.3 Å². The van der Waals surface area contributed by atoms with Gasteiger partial charge in [-0.25, -0.2) is 9.18 Å².